The second-order valence-electron chi connectivity index (χ2n) is 8.65. The van der Waals surface area contributed by atoms with Crippen LogP contribution in [0.2, 0.25) is 0 Å². The molecule has 5 heteroatoms. The number of carboxylic acids is 1. The highest BCUT2D eigenvalue weighted by atomic mass is 127. The monoisotopic (exact) mass is 565 g/mol. The summed E-state index contributed by atoms with van der Waals surface area (Å²) < 4.78 is 8.75. The molecule has 4 nitrogen and oxygen atoms in total. The SMILES string of the molecule is CC(c1ccc(COc2ccc([C@@H](C#CI)CC(=O)O)cc2)cc1)N1CCc2ccccc2C1. The first-order chi connectivity index (χ1) is 16.5. The van der Waals surface area contributed by atoms with E-state index in [2.05, 4.69) is 70.2 Å². The number of benzene rings is 3. The van der Waals surface area contributed by atoms with Crippen LogP contribution in [0.3, 0.4) is 0 Å². The zero-order valence-electron chi connectivity index (χ0n) is 19.2. The highest BCUT2D eigenvalue weighted by Gasteiger charge is 2.21. The molecule has 1 heterocycles. The maximum atomic E-state index is 11.1. The molecule has 0 fully saturated rings. The minimum Gasteiger partial charge on any atom is -0.489 e. The Bertz CT molecular complexity index is 1180. The minimum absolute atomic E-state index is 0.00901. The van der Waals surface area contributed by atoms with Crippen LogP contribution in [-0.4, -0.2) is 22.5 Å². The van der Waals surface area contributed by atoms with Crippen molar-refractivity contribution in [2.45, 2.75) is 44.9 Å². The lowest BCUT2D eigenvalue weighted by molar-refractivity contribution is -0.137. The van der Waals surface area contributed by atoms with Gasteiger partial charge in [-0.15, -0.1) is 0 Å². The zero-order valence-corrected chi connectivity index (χ0v) is 21.4. The van der Waals surface area contributed by atoms with Crippen molar-refractivity contribution < 1.29 is 14.6 Å². The first-order valence-electron chi connectivity index (χ1n) is 11.5. The van der Waals surface area contributed by atoms with E-state index in [-0.39, 0.29) is 12.3 Å². The molecule has 1 aliphatic heterocycles. The molecule has 1 unspecified atom stereocenters. The molecule has 0 aliphatic carbocycles. The maximum Gasteiger partial charge on any atom is 0.304 e. The number of ether oxygens (including phenoxy) is 1. The third kappa shape index (κ3) is 6.19. The number of rotatable bonds is 8. The van der Waals surface area contributed by atoms with E-state index in [1.807, 2.05) is 46.9 Å². The van der Waals surface area contributed by atoms with Crippen LogP contribution < -0.4 is 4.74 Å². The van der Waals surface area contributed by atoms with E-state index in [1.54, 1.807) is 0 Å². The normalized spacial score (nSPS) is 14.9. The summed E-state index contributed by atoms with van der Waals surface area (Å²) >= 11 is 1.94. The second-order valence-corrected chi connectivity index (χ2v) is 9.19. The Morgan fingerprint density at radius 2 is 1.71 bits per heavy atom. The van der Waals surface area contributed by atoms with E-state index in [1.165, 1.54) is 16.7 Å². The quantitative estimate of drug-likeness (QED) is 0.256. The zero-order chi connectivity index (χ0) is 23.9. The second kappa shape index (κ2) is 11.5. The molecule has 2 atom stereocenters. The Kier molecular flexibility index (Phi) is 8.25. The van der Waals surface area contributed by atoms with Crippen molar-refractivity contribution in [1.82, 2.24) is 4.90 Å². The van der Waals surface area contributed by atoms with E-state index in [9.17, 15) is 4.79 Å². The van der Waals surface area contributed by atoms with E-state index >= 15 is 0 Å². The van der Waals surface area contributed by atoms with Crippen LogP contribution in [0, 0.1) is 9.85 Å². The van der Waals surface area contributed by atoms with Gasteiger partial charge in [0.25, 0.3) is 0 Å². The fourth-order valence-corrected chi connectivity index (χ4v) is 4.78. The molecular weight excluding hydrogens is 537 g/mol. The van der Waals surface area contributed by atoms with Crippen LogP contribution in [0.4, 0.5) is 0 Å². The fraction of sp³-hybridized carbons (Fsp3) is 0.276. The summed E-state index contributed by atoms with van der Waals surface area (Å²) in [5, 5.41) is 9.11. The first kappa shape index (κ1) is 24.3. The van der Waals surface area contributed by atoms with Gasteiger partial charge in [0.15, 0.2) is 0 Å². The number of hydrogen-bond acceptors (Lipinski definition) is 3. The molecule has 0 spiro atoms. The molecule has 3 aromatic rings. The Labute approximate surface area is 215 Å². The van der Waals surface area contributed by atoms with Gasteiger partial charge in [-0.1, -0.05) is 66.6 Å². The molecule has 174 valence electrons. The maximum absolute atomic E-state index is 11.1. The van der Waals surface area contributed by atoms with Crippen molar-refractivity contribution >= 4 is 28.6 Å². The predicted octanol–water partition coefficient (Wildman–Crippen LogP) is 6.34. The van der Waals surface area contributed by atoms with E-state index in [0.29, 0.717) is 12.6 Å². The average molecular weight is 565 g/mol. The van der Waals surface area contributed by atoms with Crippen molar-refractivity contribution in [2.24, 2.45) is 0 Å². The Hall–Kier alpha value is -2.82. The number of hydrogen-bond donors (Lipinski definition) is 1. The standard InChI is InChI=1S/C29H28INO3/c1-21(31-17-15-24-4-2-3-5-27(24)19-31)23-8-6-22(7-9-23)20-34-28-12-10-25(11-13-28)26(14-16-30)18-29(32)33/h2-13,21,26H,15,17-20H2,1H3,(H,32,33)/t21?,26-/m0/s1. The molecule has 4 rings (SSSR count). The Morgan fingerprint density at radius 3 is 2.38 bits per heavy atom. The van der Waals surface area contributed by atoms with Gasteiger partial charge in [0.2, 0.25) is 0 Å². The van der Waals surface area contributed by atoms with Crippen LogP contribution in [0.1, 0.15) is 53.1 Å². The van der Waals surface area contributed by atoms with Gasteiger partial charge in [0.1, 0.15) is 12.4 Å². The van der Waals surface area contributed by atoms with Gasteiger partial charge in [-0.05, 0) is 57.2 Å². The van der Waals surface area contributed by atoms with Gasteiger partial charge >= 0.3 is 5.97 Å². The molecule has 0 saturated heterocycles. The van der Waals surface area contributed by atoms with Crippen molar-refractivity contribution in [3.05, 3.63) is 101 Å². The van der Waals surface area contributed by atoms with Gasteiger partial charge < -0.3 is 9.84 Å². The number of nitrogens with zero attached hydrogens (tertiary/aromatic N) is 1. The van der Waals surface area contributed by atoms with Crippen molar-refractivity contribution in [3.63, 3.8) is 0 Å². The number of halogens is 1. The van der Waals surface area contributed by atoms with Gasteiger partial charge in [0.05, 0.1) is 12.3 Å². The highest BCUT2D eigenvalue weighted by Crippen LogP contribution is 2.28. The van der Waals surface area contributed by atoms with E-state index < -0.39 is 5.97 Å². The molecule has 0 amide bonds. The van der Waals surface area contributed by atoms with E-state index in [4.69, 9.17) is 9.84 Å². The molecule has 0 bridgehead atoms. The van der Waals surface area contributed by atoms with E-state index in [0.717, 1.165) is 36.4 Å². The molecule has 0 radical (unpaired) electrons. The summed E-state index contributed by atoms with van der Waals surface area (Å²) in [4.78, 5) is 13.6. The van der Waals surface area contributed by atoms with Crippen molar-refractivity contribution in [1.29, 1.82) is 0 Å². The summed E-state index contributed by atoms with van der Waals surface area (Å²) in [5.74, 6) is 2.55. The van der Waals surface area contributed by atoms with Crippen molar-refractivity contribution in [3.8, 4) is 15.6 Å². The molecule has 1 N–H and O–H groups in total. The summed E-state index contributed by atoms with van der Waals surface area (Å²) in [6, 6.07) is 25.3. The number of carboxylic acid groups (broad SMARTS) is 1. The number of fused-ring (bicyclic) bond motifs is 1. The van der Waals surface area contributed by atoms with Crippen LogP contribution in [0.25, 0.3) is 0 Å². The first-order valence-corrected chi connectivity index (χ1v) is 12.6. The summed E-state index contributed by atoms with van der Waals surface area (Å²) in [5.41, 5.74) is 6.23. The molecule has 0 saturated carbocycles. The summed E-state index contributed by atoms with van der Waals surface area (Å²) in [6.45, 7) is 4.84. The van der Waals surface area contributed by atoms with Crippen LogP contribution in [-0.2, 0) is 24.4 Å². The smallest absolute Gasteiger partial charge is 0.304 e. The predicted molar refractivity (Wildman–Crippen MR) is 143 cm³/mol. The van der Waals surface area contributed by atoms with Gasteiger partial charge in [-0.25, -0.2) is 0 Å². The Morgan fingerprint density at radius 1 is 1.03 bits per heavy atom. The molecule has 1 aliphatic rings. The van der Waals surface area contributed by atoms with Crippen molar-refractivity contribution in [2.75, 3.05) is 6.54 Å². The molecule has 3 aromatic carbocycles. The third-order valence-corrected chi connectivity index (χ3v) is 6.78. The number of carbonyl (C=O) groups is 1. The molecular formula is C29H28INO3. The minimum atomic E-state index is -0.854. The largest absolute Gasteiger partial charge is 0.489 e. The van der Waals surface area contributed by atoms with Crippen LogP contribution in [0.5, 0.6) is 5.75 Å². The third-order valence-electron chi connectivity index (χ3n) is 6.47. The lowest BCUT2D eigenvalue weighted by atomic mass is 9.96. The Balaban J connectivity index is 1.33. The molecule has 0 aromatic heterocycles. The van der Waals surface area contributed by atoms with Gasteiger partial charge in [-0.3, -0.25) is 9.69 Å². The fourth-order valence-electron chi connectivity index (χ4n) is 4.41. The van der Waals surface area contributed by atoms with Gasteiger partial charge in [0, 0.05) is 41.7 Å². The lowest BCUT2D eigenvalue weighted by Crippen LogP contribution is -2.32. The summed E-state index contributed by atoms with van der Waals surface area (Å²) in [7, 11) is 0. The van der Waals surface area contributed by atoms with Crippen LogP contribution >= 0.6 is 22.6 Å². The number of aliphatic carboxylic acids is 1. The average Bonchev–Trinajstić information content (AvgIpc) is 2.87. The van der Waals surface area contributed by atoms with Crippen LogP contribution in [0.15, 0.2) is 72.8 Å². The van der Waals surface area contributed by atoms with Gasteiger partial charge in [-0.2, -0.15) is 0 Å². The highest BCUT2D eigenvalue weighted by molar-refractivity contribution is 14.1. The lowest BCUT2D eigenvalue weighted by Gasteiger charge is -2.34. The summed E-state index contributed by atoms with van der Waals surface area (Å²) in [6.07, 6.45) is 1.10. The molecule has 34 heavy (non-hydrogen) atoms. The topological polar surface area (TPSA) is 49.8 Å².